The fraction of sp³-hybridized carbons (Fsp3) is 1.00. The molecule has 0 aromatic heterocycles. The fourth-order valence-electron chi connectivity index (χ4n) is 2.32. The van der Waals surface area contributed by atoms with E-state index in [4.69, 9.17) is 4.74 Å². The minimum atomic E-state index is 0.575. The summed E-state index contributed by atoms with van der Waals surface area (Å²) >= 11 is 0. The molecule has 1 N–H and O–H groups in total. The number of hydrogen-bond donors (Lipinski definition) is 1. The smallest absolute Gasteiger partial charge is 0.0620 e. The van der Waals surface area contributed by atoms with Crippen LogP contribution in [0.3, 0.4) is 0 Å². The van der Waals surface area contributed by atoms with Crippen molar-refractivity contribution in [1.29, 1.82) is 0 Å². The second-order valence-electron chi connectivity index (χ2n) is 4.82. The molecule has 1 saturated heterocycles. The van der Waals surface area contributed by atoms with E-state index in [9.17, 15) is 0 Å². The molecule has 1 rings (SSSR count). The fourth-order valence-corrected chi connectivity index (χ4v) is 2.32. The van der Waals surface area contributed by atoms with E-state index in [-0.39, 0.29) is 0 Å². The first-order chi connectivity index (χ1) is 7.19. The van der Waals surface area contributed by atoms with E-state index in [2.05, 4.69) is 31.0 Å². The molecule has 2 atom stereocenters. The number of hydrogen-bond acceptors (Lipinski definition) is 3. The van der Waals surface area contributed by atoms with Gasteiger partial charge in [0.05, 0.1) is 6.61 Å². The lowest BCUT2D eigenvalue weighted by atomic mass is 10.0. The van der Waals surface area contributed by atoms with Crippen molar-refractivity contribution in [1.82, 2.24) is 10.2 Å². The standard InChI is InChI=1S/C12H26N2O/c1-5-11-8-14(7-6-13-11)12(9-15-4)10(2)3/h10-13H,5-9H2,1-4H3. The van der Waals surface area contributed by atoms with E-state index >= 15 is 0 Å². The van der Waals surface area contributed by atoms with Gasteiger partial charge in [0.15, 0.2) is 0 Å². The number of ether oxygens (including phenoxy) is 1. The topological polar surface area (TPSA) is 24.5 Å². The van der Waals surface area contributed by atoms with Crippen LogP contribution in [0.1, 0.15) is 27.2 Å². The zero-order valence-corrected chi connectivity index (χ0v) is 10.6. The van der Waals surface area contributed by atoms with Gasteiger partial charge in [-0.2, -0.15) is 0 Å². The first-order valence-corrected chi connectivity index (χ1v) is 6.15. The second kappa shape index (κ2) is 6.46. The number of rotatable bonds is 5. The normalized spacial score (nSPS) is 25.8. The van der Waals surface area contributed by atoms with Crippen molar-refractivity contribution in [3.63, 3.8) is 0 Å². The molecular formula is C12H26N2O. The van der Waals surface area contributed by atoms with Crippen LogP contribution in [0, 0.1) is 5.92 Å². The average Bonchev–Trinajstić information content (AvgIpc) is 2.25. The van der Waals surface area contributed by atoms with Gasteiger partial charge in [-0.3, -0.25) is 4.90 Å². The van der Waals surface area contributed by atoms with Gasteiger partial charge < -0.3 is 10.1 Å². The Kier molecular flexibility index (Phi) is 5.58. The maximum absolute atomic E-state index is 5.33. The molecule has 1 aliphatic heterocycles. The summed E-state index contributed by atoms with van der Waals surface area (Å²) in [6, 6.07) is 1.24. The Morgan fingerprint density at radius 2 is 2.20 bits per heavy atom. The van der Waals surface area contributed by atoms with E-state index < -0.39 is 0 Å². The Labute approximate surface area is 94.2 Å². The highest BCUT2D eigenvalue weighted by atomic mass is 16.5. The quantitative estimate of drug-likeness (QED) is 0.747. The van der Waals surface area contributed by atoms with Gasteiger partial charge in [-0.05, 0) is 12.3 Å². The summed E-state index contributed by atoms with van der Waals surface area (Å²) in [6.07, 6.45) is 1.22. The van der Waals surface area contributed by atoms with Crippen LogP contribution in [0.2, 0.25) is 0 Å². The van der Waals surface area contributed by atoms with Crippen molar-refractivity contribution in [2.45, 2.75) is 39.3 Å². The summed E-state index contributed by atoms with van der Waals surface area (Å²) in [7, 11) is 1.80. The van der Waals surface area contributed by atoms with E-state index in [0.717, 1.165) is 19.7 Å². The lowest BCUT2D eigenvalue weighted by Crippen LogP contribution is -2.56. The molecule has 0 saturated carbocycles. The zero-order valence-electron chi connectivity index (χ0n) is 10.6. The molecule has 0 bridgehead atoms. The zero-order chi connectivity index (χ0) is 11.3. The predicted octanol–water partition coefficient (Wildman–Crippen LogP) is 1.34. The molecular weight excluding hydrogens is 188 g/mol. The van der Waals surface area contributed by atoms with Crippen molar-refractivity contribution in [2.75, 3.05) is 33.4 Å². The molecule has 3 heteroatoms. The SMILES string of the molecule is CCC1CN(C(COC)C(C)C)CCN1. The van der Waals surface area contributed by atoms with Crippen molar-refractivity contribution >= 4 is 0 Å². The maximum Gasteiger partial charge on any atom is 0.0620 e. The van der Waals surface area contributed by atoms with Crippen LogP contribution in [0.25, 0.3) is 0 Å². The maximum atomic E-state index is 5.33. The van der Waals surface area contributed by atoms with Crippen LogP contribution in [-0.4, -0.2) is 50.3 Å². The molecule has 1 aliphatic rings. The summed E-state index contributed by atoms with van der Waals surface area (Å²) < 4.78 is 5.33. The summed E-state index contributed by atoms with van der Waals surface area (Å²) in [5.74, 6) is 0.667. The molecule has 1 heterocycles. The molecule has 0 aromatic carbocycles. The summed E-state index contributed by atoms with van der Waals surface area (Å²) in [5, 5.41) is 3.55. The highest BCUT2D eigenvalue weighted by Crippen LogP contribution is 2.14. The van der Waals surface area contributed by atoms with Crippen molar-refractivity contribution in [3.05, 3.63) is 0 Å². The van der Waals surface area contributed by atoms with Gasteiger partial charge in [0.2, 0.25) is 0 Å². The van der Waals surface area contributed by atoms with Crippen molar-refractivity contribution < 1.29 is 4.74 Å². The van der Waals surface area contributed by atoms with Crippen LogP contribution in [0.4, 0.5) is 0 Å². The molecule has 3 nitrogen and oxygen atoms in total. The number of piperazine rings is 1. The summed E-state index contributed by atoms with van der Waals surface area (Å²) in [5.41, 5.74) is 0. The molecule has 0 aromatic rings. The Morgan fingerprint density at radius 3 is 2.73 bits per heavy atom. The minimum Gasteiger partial charge on any atom is -0.383 e. The third-order valence-corrected chi connectivity index (χ3v) is 3.36. The van der Waals surface area contributed by atoms with Gasteiger partial charge in [-0.1, -0.05) is 20.8 Å². The van der Waals surface area contributed by atoms with Crippen molar-refractivity contribution in [2.24, 2.45) is 5.92 Å². The van der Waals surface area contributed by atoms with Gasteiger partial charge in [0.1, 0.15) is 0 Å². The Balaban J connectivity index is 2.50. The lowest BCUT2D eigenvalue weighted by molar-refractivity contribution is 0.0454. The molecule has 0 amide bonds. The predicted molar refractivity (Wildman–Crippen MR) is 64.2 cm³/mol. The summed E-state index contributed by atoms with van der Waals surface area (Å²) in [6.45, 7) is 11.1. The Morgan fingerprint density at radius 1 is 1.47 bits per heavy atom. The Bertz CT molecular complexity index is 173. The van der Waals surface area contributed by atoms with Crippen LogP contribution < -0.4 is 5.32 Å². The van der Waals surface area contributed by atoms with E-state index in [1.165, 1.54) is 13.0 Å². The van der Waals surface area contributed by atoms with Gasteiger partial charge in [-0.15, -0.1) is 0 Å². The van der Waals surface area contributed by atoms with Gasteiger partial charge in [-0.25, -0.2) is 0 Å². The molecule has 1 fully saturated rings. The minimum absolute atomic E-state index is 0.575. The first-order valence-electron chi connectivity index (χ1n) is 6.15. The van der Waals surface area contributed by atoms with E-state index in [0.29, 0.717) is 18.0 Å². The number of nitrogens with one attached hydrogen (secondary N) is 1. The largest absolute Gasteiger partial charge is 0.383 e. The van der Waals surface area contributed by atoms with Crippen LogP contribution >= 0.6 is 0 Å². The Hall–Kier alpha value is -0.120. The molecule has 0 radical (unpaired) electrons. The van der Waals surface area contributed by atoms with Crippen LogP contribution in [0.15, 0.2) is 0 Å². The van der Waals surface area contributed by atoms with E-state index in [1.807, 2.05) is 0 Å². The molecule has 0 aliphatic carbocycles. The number of methoxy groups -OCH3 is 1. The second-order valence-corrected chi connectivity index (χ2v) is 4.82. The van der Waals surface area contributed by atoms with Gasteiger partial charge >= 0.3 is 0 Å². The van der Waals surface area contributed by atoms with Crippen LogP contribution in [-0.2, 0) is 4.74 Å². The molecule has 2 unspecified atom stereocenters. The molecule has 0 spiro atoms. The van der Waals surface area contributed by atoms with Crippen molar-refractivity contribution in [3.8, 4) is 0 Å². The lowest BCUT2D eigenvalue weighted by Gasteiger charge is -2.40. The van der Waals surface area contributed by atoms with E-state index in [1.54, 1.807) is 7.11 Å². The molecule has 90 valence electrons. The average molecular weight is 214 g/mol. The van der Waals surface area contributed by atoms with Crippen LogP contribution in [0.5, 0.6) is 0 Å². The highest BCUT2D eigenvalue weighted by molar-refractivity contribution is 4.83. The third kappa shape index (κ3) is 3.74. The first kappa shape index (κ1) is 12.9. The summed E-state index contributed by atoms with van der Waals surface area (Å²) in [4.78, 5) is 2.58. The number of nitrogens with zero attached hydrogens (tertiary/aromatic N) is 1. The van der Waals surface area contributed by atoms with Gasteiger partial charge in [0, 0.05) is 38.8 Å². The highest BCUT2D eigenvalue weighted by Gasteiger charge is 2.26. The van der Waals surface area contributed by atoms with Gasteiger partial charge in [0.25, 0.3) is 0 Å². The molecule has 15 heavy (non-hydrogen) atoms. The monoisotopic (exact) mass is 214 g/mol. The third-order valence-electron chi connectivity index (χ3n) is 3.36.